The molecule has 1 aromatic rings. The molecule has 0 aliphatic rings. The van der Waals surface area contributed by atoms with E-state index in [9.17, 15) is 9.90 Å². The molecule has 0 radical (unpaired) electrons. The number of nitrogens with one attached hydrogen (secondary N) is 1. The van der Waals surface area contributed by atoms with Gasteiger partial charge in [-0.3, -0.25) is 4.79 Å². The Hall–Kier alpha value is -1.55. The number of phenols is 1. The van der Waals surface area contributed by atoms with Gasteiger partial charge < -0.3 is 15.5 Å². The van der Waals surface area contributed by atoms with E-state index in [0.29, 0.717) is 13.0 Å². The summed E-state index contributed by atoms with van der Waals surface area (Å²) >= 11 is 0. The number of aryl methyl sites for hydroxylation is 1. The summed E-state index contributed by atoms with van der Waals surface area (Å²) in [6, 6.07) is 5.25. The highest BCUT2D eigenvalue weighted by atomic mass is 16.3. The first-order valence-electron chi connectivity index (χ1n) is 6.19. The Morgan fingerprint density at radius 3 is 2.78 bits per heavy atom. The molecule has 0 saturated heterocycles. The van der Waals surface area contributed by atoms with E-state index < -0.39 is 0 Å². The number of aliphatic hydroxyl groups excluding tert-OH is 1. The molecule has 1 unspecified atom stereocenters. The fraction of sp³-hybridized carbons (Fsp3) is 0.500. The first-order chi connectivity index (χ1) is 8.52. The predicted molar refractivity (Wildman–Crippen MR) is 70.4 cm³/mol. The number of benzene rings is 1. The van der Waals surface area contributed by atoms with Gasteiger partial charge in [0.25, 0.3) is 0 Å². The quantitative estimate of drug-likeness (QED) is 0.715. The molecule has 0 heterocycles. The van der Waals surface area contributed by atoms with Crippen molar-refractivity contribution in [2.75, 3.05) is 13.2 Å². The molecule has 0 aliphatic heterocycles. The second-order valence-electron chi connectivity index (χ2n) is 4.72. The molecule has 0 aromatic heterocycles. The van der Waals surface area contributed by atoms with Crippen molar-refractivity contribution in [2.45, 2.75) is 26.7 Å². The maximum absolute atomic E-state index is 11.7. The molecule has 4 nitrogen and oxygen atoms in total. The van der Waals surface area contributed by atoms with Crippen LogP contribution in [0.3, 0.4) is 0 Å². The van der Waals surface area contributed by atoms with Gasteiger partial charge >= 0.3 is 0 Å². The number of aliphatic hydroxyl groups is 1. The maximum Gasteiger partial charge on any atom is 0.224 e. The Balaban J connectivity index is 2.42. The predicted octanol–water partition coefficient (Wildman–Crippen LogP) is 1.38. The highest BCUT2D eigenvalue weighted by Crippen LogP contribution is 2.17. The van der Waals surface area contributed by atoms with E-state index in [1.807, 2.05) is 19.9 Å². The summed E-state index contributed by atoms with van der Waals surface area (Å²) in [6.07, 6.45) is 0.950. The zero-order chi connectivity index (χ0) is 13.5. The van der Waals surface area contributed by atoms with Crippen molar-refractivity contribution >= 4 is 5.91 Å². The summed E-state index contributed by atoms with van der Waals surface area (Å²) in [7, 11) is 0. The SMILES string of the molecule is Cc1ccc(CC(=O)NCC(C)CCO)cc1O. The number of hydrogen-bond acceptors (Lipinski definition) is 3. The van der Waals surface area contributed by atoms with Crippen LogP contribution in [0.25, 0.3) is 0 Å². The van der Waals surface area contributed by atoms with Crippen LogP contribution in [-0.2, 0) is 11.2 Å². The van der Waals surface area contributed by atoms with Gasteiger partial charge in [0.05, 0.1) is 6.42 Å². The van der Waals surface area contributed by atoms with Crippen molar-refractivity contribution in [3.63, 3.8) is 0 Å². The lowest BCUT2D eigenvalue weighted by Gasteiger charge is -2.11. The molecule has 0 fully saturated rings. The Morgan fingerprint density at radius 2 is 2.17 bits per heavy atom. The normalized spacial score (nSPS) is 12.2. The fourth-order valence-electron chi connectivity index (χ4n) is 1.62. The summed E-state index contributed by atoms with van der Waals surface area (Å²) < 4.78 is 0. The fourth-order valence-corrected chi connectivity index (χ4v) is 1.62. The van der Waals surface area contributed by atoms with Gasteiger partial charge in [-0.2, -0.15) is 0 Å². The molecule has 3 N–H and O–H groups in total. The molecule has 18 heavy (non-hydrogen) atoms. The Kier molecular flexibility index (Phi) is 5.65. The van der Waals surface area contributed by atoms with Gasteiger partial charge in [-0.05, 0) is 36.5 Å². The summed E-state index contributed by atoms with van der Waals surface area (Å²) in [4.78, 5) is 11.7. The van der Waals surface area contributed by atoms with Gasteiger partial charge in [0, 0.05) is 13.2 Å². The zero-order valence-electron chi connectivity index (χ0n) is 10.9. The van der Waals surface area contributed by atoms with E-state index in [0.717, 1.165) is 11.1 Å². The maximum atomic E-state index is 11.7. The summed E-state index contributed by atoms with van der Waals surface area (Å²) in [6.45, 7) is 4.50. The minimum absolute atomic E-state index is 0.0666. The molecule has 1 amide bonds. The topological polar surface area (TPSA) is 69.6 Å². The van der Waals surface area contributed by atoms with Crippen molar-refractivity contribution in [3.8, 4) is 5.75 Å². The Morgan fingerprint density at radius 1 is 1.44 bits per heavy atom. The summed E-state index contributed by atoms with van der Waals surface area (Å²) in [5.74, 6) is 0.419. The molecule has 1 rings (SSSR count). The molecular formula is C14H21NO3. The molecule has 1 atom stereocenters. The van der Waals surface area contributed by atoms with Crippen LogP contribution in [0.4, 0.5) is 0 Å². The number of carbonyl (C=O) groups is 1. The largest absolute Gasteiger partial charge is 0.508 e. The van der Waals surface area contributed by atoms with Crippen molar-refractivity contribution < 1.29 is 15.0 Å². The van der Waals surface area contributed by atoms with Gasteiger partial charge in [-0.25, -0.2) is 0 Å². The second-order valence-corrected chi connectivity index (χ2v) is 4.72. The van der Waals surface area contributed by atoms with Gasteiger partial charge in [-0.1, -0.05) is 19.1 Å². The van der Waals surface area contributed by atoms with Crippen molar-refractivity contribution in [2.24, 2.45) is 5.92 Å². The van der Waals surface area contributed by atoms with Crippen LogP contribution < -0.4 is 5.32 Å². The molecule has 100 valence electrons. The van der Waals surface area contributed by atoms with E-state index in [-0.39, 0.29) is 30.6 Å². The molecule has 1 aromatic carbocycles. The zero-order valence-corrected chi connectivity index (χ0v) is 10.9. The standard InChI is InChI=1S/C14H21NO3/c1-10(5-6-16)9-15-14(18)8-12-4-3-11(2)13(17)7-12/h3-4,7,10,16-17H,5-6,8-9H2,1-2H3,(H,15,18). The summed E-state index contributed by atoms with van der Waals surface area (Å²) in [5, 5.41) is 21.1. The van der Waals surface area contributed by atoms with Crippen molar-refractivity contribution in [1.82, 2.24) is 5.32 Å². The lowest BCUT2D eigenvalue weighted by molar-refractivity contribution is -0.120. The van der Waals surface area contributed by atoms with Gasteiger partial charge in [-0.15, -0.1) is 0 Å². The van der Waals surface area contributed by atoms with E-state index in [2.05, 4.69) is 5.32 Å². The average Bonchev–Trinajstić information content (AvgIpc) is 2.32. The Bertz CT molecular complexity index is 404. The van der Waals surface area contributed by atoms with E-state index in [4.69, 9.17) is 5.11 Å². The van der Waals surface area contributed by atoms with Crippen LogP contribution in [0, 0.1) is 12.8 Å². The number of aromatic hydroxyl groups is 1. The number of carbonyl (C=O) groups excluding carboxylic acids is 1. The van der Waals surface area contributed by atoms with E-state index >= 15 is 0 Å². The first-order valence-corrected chi connectivity index (χ1v) is 6.19. The van der Waals surface area contributed by atoms with Crippen molar-refractivity contribution in [3.05, 3.63) is 29.3 Å². The lowest BCUT2D eigenvalue weighted by atomic mass is 10.1. The number of amides is 1. The number of rotatable bonds is 6. The van der Waals surface area contributed by atoms with Crippen LogP contribution in [0.5, 0.6) is 5.75 Å². The third-order valence-electron chi connectivity index (χ3n) is 2.91. The van der Waals surface area contributed by atoms with E-state index in [1.54, 1.807) is 12.1 Å². The van der Waals surface area contributed by atoms with Crippen LogP contribution in [0.1, 0.15) is 24.5 Å². The third kappa shape index (κ3) is 4.75. The monoisotopic (exact) mass is 251 g/mol. The first kappa shape index (κ1) is 14.5. The molecule has 0 bridgehead atoms. The van der Waals surface area contributed by atoms with Gasteiger partial charge in [0.1, 0.15) is 5.75 Å². The van der Waals surface area contributed by atoms with Crippen molar-refractivity contribution in [1.29, 1.82) is 0 Å². The van der Waals surface area contributed by atoms with Crippen LogP contribution in [0.2, 0.25) is 0 Å². The molecule has 4 heteroatoms. The molecule has 0 saturated carbocycles. The smallest absolute Gasteiger partial charge is 0.224 e. The minimum Gasteiger partial charge on any atom is -0.508 e. The molecular weight excluding hydrogens is 230 g/mol. The third-order valence-corrected chi connectivity index (χ3v) is 2.91. The highest BCUT2D eigenvalue weighted by molar-refractivity contribution is 5.78. The lowest BCUT2D eigenvalue weighted by Crippen LogP contribution is -2.29. The molecule has 0 spiro atoms. The number of phenolic OH excluding ortho intramolecular Hbond substituents is 1. The minimum atomic E-state index is -0.0666. The number of hydrogen-bond donors (Lipinski definition) is 3. The van der Waals surface area contributed by atoms with Crippen LogP contribution in [0.15, 0.2) is 18.2 Å². The second kappa shape index (κ2) is 7.01. The van der Waals surface area contributed by atoms with E-state index in [1.165, 1.54) is 0 Å². The van der Waals surface area contributed by atoms with Gasteiger partial charge in [0.15, 0.2) is 0 Å². The Labute approximate surface area is 108 Å². The van der Waals surface area contributed by atoms with Crippen LogP contribution >= 0.6 is 0 Å². The summed E-state index contributed by atoms with van der Waals surface area (Å²) in [5.41, 5.74) is 1.60. The molecule has 0 aliphatic carbocycles. The average molecular weight is 251 g/mol. The van der Waals surface area contributed by atoms with Crippen LogP contribution in [-0.4, -0.2) is 29.3 Å². The van der Waals surface area contributed by atoms with Gasteiger partial charge in [0.2, 0.25) is 5.91 Å². The highest BCUT2D eigenvalue weighted by Gasteiger charge is 2.07.